The molecule has 0 aliphatic carbocycles. The second kappa shape index (κ2) is 7.14. The smallest absolute Gasteiger partial charge is 0.246 e. The molecular weight excluding hydrogens is 324 g/mol. The summed E-state index contributed by atoms with van der Waals surface area (Å²) in [4.78, 5) is 16.7. The van der Waals surface area contributed by atoms with Crippen LogP contribution in [0.1, 0.15) is 5.56 Å². The summed E-state index contributed by atoms with van der Waals surface area (Å²) in [5, 5.41) is 4.72. The molecule has 1 saturated heterocycles. The number of benzene rings is 1. The van der Waals surface area contributed by atoms with Crippen molar-refractivity contribution in [2.45, 2.75) is 0 Å². The summed E-state index contributed by atoms with van der Waals surface area (Å²) < 4.78 is 1.86. The molecule has 3 aromatic rings. The third kappa shape index (κ3) is 3.26. The molecule has 0 N–H and O–H groups in total. The summed E-state index contributed by atoms with van der Waals surface area (Å²) in [6, 6.07) is 16.1. The zero-order valence-corrected chi connectivity index (χ0v) is 14.9. The van der Waals surface area contributed by atoms with E-state index in [9.17, 15) is 4.79 Å². The molecule has 2 aromatic heterocycles. The van der Waals surface area contributed by atoms with Crippen molar-refractivity contribution in [3.8, 4) is 11.3 Å². The number of rotatable bonds is 3. The van der Waals surface area contributed by atoms with Gasteiger partial charge in [-0.25, -0.2) is 4.52 Å². The predicted molar refractivity (Wildman–Crippen MR) is 104 cm³/mol. The Balaban J connectivity index is 1.68. The second-order valence-corrected chi connectivity index (χ2v) is 6.62. The maximum Gasteiger partial charge on any atom is 0.246 e. The highest BCUT2D eigenvalue weighted by atomic mass is 16.2. The molecule has 1 fully saturated rings. The fourth-order valence-corrected chi connectivity index (χ4v) is 3.28. The molecular formula is C21H22N4O. The zero-order chi connectivity index (χ0) is 17.9. The normalized spacial score (nSPS) is 15.8. The van der Waals surface area contributed by atoms with E-state index < -0.39 is 0 Å². The number of likely N-dealkylation sites (N-methyl/N-ethyl adjacent to an activating group) is 1. The number of carbonyl (C=O) groups excluding carboxylic acids is 1. The van der Waals surface area contributed by atoms with E-state index in [1.165, 1.54) is 0 Å². The van der Waals surface area contributed by atoms with Crippen molar-refractivity contribution in [1.29, 1.82) is 0 Å². The van der Waals surface area contributed by atoms with Gasteiger partial charge in [-0.3, -0.25) is 4.79 Å². The van der Waals surface area contributed by atoms with Crippen molar-refractivity contribution in [2.75, 3.05) is 33.2 Å². The molecule has 0 atom stereocenters. The highest BCUT2D eigenvalue weighted by molar-refractivity contribution is 5.95. The SMILES string of the molecule is CN1CCN(C(=O)C=Cc2c(-c3ccccc3)nn3ccccc23)CC1. The van der Waals surface area contributed by atoms with Crippen LogP contribution in [-0.2, 0) is 4.79 Å². The van der Waals surface area contributed by atoms with Gasteiger partial charge in [0.05, 0.1) is 5.52 Å². The second-order valence-electron chi connectivity index (χ2n) is 6.62. The Hall–Kier alpha value is -2.92. The van der Waals surface area contributed by atoms with E-state index in [1.807, 2.05) is 70.2 Å². The van der Waals surface area contributed by atoms with Gasteiger partial charge in [-0.2, -0.15) is 5.10 Å². The highest BCUT2D eigenvalue weighted by Gasteiger charge is 2.18. The van der Waals surface area contributed by atoms with E-state index in [2.05, 4.69) is 11.9 Å². The molecule has 0 spiro atoms. The molecule has 3 heterocycles. The van der Waals surface area contributed by atoms with Gasteiger partial charge in [-0.1, -0.05) is 36.4 Å². The first-order valence-electron chi connectivity index (χ1n) is 8.91. The van der Waals surface area contributed by atoms with Crippen molar-refractivity contribution in [3.63, 3.8) is 0 Å². The van der Waals surface area contributed by atoms with Crippen LogP contribution in [0.3, 0.4) is 0 Å². The number of aromatic nitrogens is 2. The third-order valence-electron chi connectivity index (χ3n) is 4.83. The maximum atomic E-state index is 12.6. The molecule has 5 heteroatoms. The Morgan fingerprint density at radius 1 is 1.00 bits per heavy atom. The van der Waals surface area contributed by atoms with Crippen LogP contribution in [0.15, 0.2) is 60.8 Å². The molecule has 132 valence electrons. The first-order valence-corrected chi connectivity index (χ1v) is 8.91. The van der Waals surface area contributed by atoms with Crippen LogP contribution < -0.4 is 0 Å². The molecule has 0 saturated carbocycles. The van der Waals surface area contributed by atoms with Crippen LogP contribution in [0.5, 0.6) is 0 Å². The molecule has 26 heavy (non-hydrogen) atoms. The van der Waals surface area contributed by atoms with E-state index in [0.29, 0.717) is 0 Å². The van der Waals surface area contributed by atoms with Crippen LogP contribution in [0.25, 0.3) is 22.9 Å². The standard InChI is InChI=1S/C21H22N4O/c1-23-13-15-24(16-14-23)20(26)11-10-18-19-9-5-6-12-25(19)22-21(18)17-7-3-2-4-8-17/h2-12H,13-16H2,1H3. The van der Waals surface area contributed by atoms with Gasteiger partial charge in [0, 0.05) is 49.6 Å². The molecule has 0 unspecified atom stereocenters. The molecule has 1 aliphatic rings. The number of hydrogen-bond acceptors (Lipinski definition) is 3. The van der Waals surface area contributed by atoms with Crippen LogP contribution in [-0.4, -0.2) is 58.5 Å². The lowest BCUT2D eigenvalue weighted by atomic mass is 10.1. The number of carbonyl (C=O) groups is 1. The quantitative estimate of drug-likeness (QED) is 0.685. The van der Waals surface area contributed by atoms with E-state index in [4.69, 9.17) is 5.10 Å². The lowest BCUT2D eigenvalue weighted by Gasteiger charge is -2.31. The number of amides is 1. The Morgan fingerprint density at radius 3 is 2.50 bits per heavy atom. The number of piperazine rings is 1. The fraction of sp³-hybridized carbons (Fsp3) is 0.238. The van der Waals surface area contributed by atoms with Gasteiger partial charge in [-0.05, 0) is 25.3 Å². The average molecular weight is 346 g/mol. The zero-order valence-electron chi connectivity index (χ0n) is 14.9. The number of hydrogen-bond donors (Lipinski definition) is 0. The van der Waals surface area contributed by atoms with Crippen LogP contribution >= 0.6 is 0 Å². The van der Waals surface area contributed by atoms with Crippen molar-refractivity contribution < 1.29 is 4.79 Å². The summed E-state index contributed by atoms with van der Waals surface area (Å²) in [7, 11) is 2.09. The monoisotopic (exact) mass is 346 g/mol. The summed E-state index contributed by atoms with van der Waals surface area (Å²) in [6.45, 7) is 3.40. The molecule has 0 bridgehead atoms. The molecule has 1 aliphatic heterocycles. The van der Waals surface area contributed by atoms with Crippen LogP contribution in [0, 0.1) is 0 Å². The predicted octanol–water partition coefficient (Wildman–Crippen LogP) is 2.79. The van der Waals surface area contributed by atoms with Gasteiger partial charge in [0.2, 0.25) is 5.91 Å². The lowest BCUT2D eigenvalue weighted by Crippen LogP contribution is -2.46. The maximum absolute atomic E-state index is 12.6. The van der Waals surface area contributed by atoms with Gasteiger partial charge in [0.15, 0.2) is 0 Å². The third-order valence-corrected chi connectivity index (χ3v) is 4.83. The summed E-state index contributed by atoms with van der Waals surface area (Å²) in [5.74, 6) is 0.0624. The first-order chi connectivity index (χ1) is 12.7. The molecule has 1 aromatic carbocycles. The van der Waals surface area contributed by atoms with E-state index in [0.717, 1.165) is 48.5 Å². The number of fused-ring (bicyclic) bond motifs is 1. The van der Waals surface area contributed by atoms with Crippen LogP contribution in [0.2, 0.25) is 0 Å². The number of pyridine rings is 1. The van der Waals surface area contributed by atoms with Gasteiger partial charge >= 0.3 is 0 Å². The topological polar surface area (TPSA) is 40.8 Å². The van der Waals surface area contributed by atoms with Gasteiger partial charge in [-0.15, -0.1) is 0 Å². The largest absolute Gasteiger partial charge is 0.337 e. The van der Waals surface area contributed by atoms with E-state index in [-0.39, 0.29) is 5.91 Å². The number of nitrogens with zero attached hydrogens (tertiary/aromatic N) is 4. The van der Waals surface area contributed by atoms with Gasteiger partial charge in [0.1, 0.15) is 5.69 Å². The Bertz CT molecular complexity index is 937. The van der Waals surface area contributed by atoms with Crippen molar-refractivity contribution >= 4 is 17.5 Å². The molecule has 0 radical (unpaired) electrons. The summed E-state index contributed by atoms with van der Waals surface area (Å²) >= 11 is 0. The Morgan fingerprint density at radius 2 is 1.73 bits per heavy atom. The lowest BCUT2D eigenvalue weighted by molar-refractivity contribution is -0.127. The Labute approximate surface area is 153 Å². The Kier molecular flexibility index (Phi) is 4.54. The van der Waals surface area contributed by atoms with Crippen LogP contribution in [0.4, 0.5) is 0 Å². The van der Waals surface area contributed by atoms with E-state index >= 15 is 0 Å². The summed E-state index contributed by atoms with van der Waals surface area (Å²) in [5.41, 5.74) is 3.90. The van der Waals surface area contributed by atoms with Crippen molar-refractivity contribution in [2.24, 2.45) is 0 Å². The minimum atomic E-state index is 0.0624. The average Bonchev–Trinajstić information content (AvgIpc) is 3.06. The molecule has 1 amide bonds. The van der Waals surface area contributed by atoms with Crippen molar-refractivity contribution in [3.05, 3.63) is 66.4 Å². The molecule has 4 rings (SSSR count). The van der Waals surface area contributed by atoms with Gasteiger partial charge in [0.25, 0.3) is 0 Å². The van der Waals surface area contributed by atoms with Gasteiger partial charge < -0.3 is 9.80 Å². The van der Waals surface area contributed by atoms with E-state index in [1.54, 1.807) is 6.08 Å². The minimum absolute atomic E-state index is 0.0624. The summed E-state index contributed by atoms with van der Waals surface area (Å²) in [6.07, 6.45) is 5.52. The first kappa shape index (κ1) is 16.5. The highest BCUT2D eigenvalue weighted by Crippen LogP contribution is 2.27. The molecule has 5 nitrogen and oxygen atoms in total. The fourth-order valence-electron chi connectivity index (χ4n) is 3.28. The minimum Gasteiger partial charge on any atom is -0.337 e. The van der Waals surface area contributed by atoms with Crippen molar-refractivity contribution in [1.82, 2.24) is 19.4 Å².